The van der Waals surface area contributed by atoms with Gasteiger partial charge in [-0.1, -0.05) is 65.7 Å². The Kier molecular flexibility index (Phi) is 11.8. The second kappa shape index (κ2) is 15.0. The first-order chi connectivity index (χ1) is 21.3. The van der Waals surface area contributed by atoms with Gasteiger partial charge in [-0.25, -0.2) is 15.1 Å². The number of guanidine groups is 1. The first-order valence-corrected chi connectivity index (χ1v) is 17.4. The maximum Gasteiger partial charge on any atom is 0.481 e. The fraction of sp³-hybridized carbons (Fsp3) is 0.906. The molecule has 0 aromatic carbocycles. The molecule has 5 N–H and O–H groups in total. The monoisotopic (exact) mass is 632 g/mol. The molecule has 4 saturated carbocycles. The van der Waals surface area contributed by atoms with Crippen molar-refractivity contribution in [1.82, 2.24) is 16.1 Å². The average molecular weight is 633 g/mol. The number of hydrogen-bond acceptors (Lipinski definition) is 7. The SMILES string of the molecule is CCCCC(C(=O)N[C@@H](CCCN=C(N)N[N+](=O)[O-])C(=O)N[C@@H](CC(C)C)B1O[C@@H]2C[C@H]3C[C@H](C3(C)C)[C@]2(C)O1)C1CCCC1. The van der Waals surface area contributed by atoms with Gasteiger partial charge in [-0.15, -0.1) is 0 Å². The van der Waals surface area contributed by atoms with Crippen LogP contribution < -0.4 is 21.8 Å². The van der Waals surface area contributed by atoms with Crippen LogP contribution in [0.15, 0.2) is 4.99 Å². The first kappa shape index (κ1) is 35.4. The molecule has 13 heteroatoms. The minimum atomic E-state index is -0.788. The highest BCUT2D eigenvalue weighted by atomic mass is 16.7. The second-order valence-electron chi connectivity index (χ2n) is 15.2. The van der Waals surface area contributed by atoms with Crippen LogP contribution in [0.1, 0.15) is 119 Å². The van der Waals surface area contributed by atoms with Crippen LogP contribution in [-0.2, 0) is 18.9 Å². The van der Waals surface area contributed by atoms with E-state index in [9.17, 15) is 19.7 Å². The topological polar surface area (TPSA) is 170 Å². The van der Waals surface area contributed by atoms with Crippen LogP contribution in [0.3, 0.4) is 0 Å². The number of carbonyl (C=O) groups is 2. The number of nitro groups is 1. The summed E-state index contributed by atoms with van der Waals surface area (Å²) in [5, 5.41) is 16.2. The zero-order valence-electron chi connectivity index (χ0n) is 28.3. The molecule has 1 unspecified atom stereocenters. The van der Waals surface area contributed by atoms with Crippen molar-refractivity contribution >= 4 is 24.9 Å². The van der Waals surface area contributed by atoms with Gasteiger partial charge in [-0.05, 0) is 87.4 Å². The Hall–Kier alpha value is -2.41. The first-order valence-electron chi connectivity index (χ1n) is 17.4. The van der Waals surface area contributed by atoms with Gasteiger partial charge >= 0.3 is 7.12 Å². The maximum atomic E-state index is 14.0. The van der Waals surface area contributed by atoms with Crippen molar-refractivity contribution in [3.05, 3.63) is 10.1 Å². The number of nitrogens with zero attached hydrogens (tertiary/aromatic N) is 2. The van der Waals surface area contributed by atoms with Crippen LogP contribution in [0.4, 0.5) is 0 Å². The van der Waals surface area contributed by atoms with Crippen molar-refractivity contribution in [3.63, 3.8) is 0 Å². The number of carbonyl (C=O) groups excluding carboxylic acids is 2. The normalized spacial score (nSPS) is 29.4. The molecule has 7 atom stereocenters. The fourth-order valence-corrected chi connectivity index (χ4v) is 8.64. The molecule has 0 aromatic rings. The molecule has 12 nitrogen and oxygen atoms in total. The van der Waals surface area contributed by atoms with E-state index in [0.29, 0.717) is 37.0 Å². The van der Waals surface area contributed by atoms with Crippen molar-refractivity contribution in [1.29, 1.82) is 0 Å². The van der Waals surface area contributed by atoms with E-state index in [2.05, 4.69) is 57.2 Å². The number of rotatable bonds is 16. The van der Waals surface area contributed by atoms with Gasteiger partial charge in [0.25, 0.3) is 5.96 Å². The number of hydrogen-bond donors (Lipinski definition) is 4. The molecule has 45 heavy (non-hydrogen) atoms. The molecular formula is C32H57BN6O6. The van der Waals surface area contributed by atoms with Crippen molar-refractivity contribution in [2.45, 2.75) is 142 Å². The van der Waals surface area contributed by atoms with Gasteiger partial charge in [0.2, 0.25) is 11.8 Å². The van der Waals surface area contributed by atoms with Crippen LogP contribution in [0, 0.1) is 45.1 Å². The van der Waals surface area contributed by atoms with Gasteiger partial charge in [0, 0.05) is 12.5 Å². The predicted octanol–water partition coefficient (Wildman–Crippen LogP) is 4.14. The lowest BCUT2D eigenvalue weighted by molar-refractivity contribution is -0.525. The molecule has 1 saturated heterocycles. The fourth-order valence-electron chi connectivity index (χ4n) is 8.64. The zero-order valence-corrected chi connectivity index (χ0v) is 28.3. The maximum absolute atomic E-state index is 14.0. The highest BCUT2D eigenvalue weighted by Gasteiger charge is 2.68. The van der Waals surface area contributed by atoms with Crippen molar-refractivity contribution in [2.24, 2.45) is 45.7 Å². The van der Waals surface area contributed by atoms with E-state index in [1.807, 2.05) is 5.43 Å². The molecule has 2 bridgehead atoms. The highest BCUT2D eigenvalue weighted by molar-refractivity contribution is 6.48. The van der Waals surface area contributed by atoms with E-state index in [-0.39, 0.29) is 59.2 Å². The summed E-state index contributed by atoms with van der Waals surface area (Å²) in [7, 11) is -0.564. The zero-order chi connectivity index (χ0) is 32.9. The largest absolute Gasteiger partial charge is 0.481 e. The van der Waals surface area contributed by atoms with Crippen molar-refractivity contribution in [2.75, 3.05) is 6.54 Å². The predicted molar refractivity (Wildman–Crippen MR) is 174 cm³/mol. The molecule has 2 amide bonds. The third-order valence-corrected chi connectivity index (χ3v) is 11.3. The second-order valence-corrected chi connectivity index (χ2v) is 15.2. The van der Waals surface area contributed by atoms with Gasteiger partial charge < -0.3 is 25.7 Å². The van der Waals surface area contributed by atoms with E-state index in [0.717, 1.165) is 57.8 Å². The minimum absolute atomic E-state index is 0.00293. The van der Waals surface area contributed by atoms with E-state index >= 15 is 0 Å². The molecule has 0 spiro atoms. The summed E-state index contributed by atoms with van der Waals surface area (Å²) >= 11 is 0. The molecule has 1 heterocycles. The summed E-state index contributed by atoms with van der Waals surface area (Å²) in [5.41, 5.74) is 7.24. The molecular weight excluding hydrogens is 575 g/mol. The molecule has 0 radical (unpaired) electrons. The quantitative estimate of drug-likeness (QED) is 0.0491. The molecule has 1 aliphatic heterocycles. The number of nitrogens with one attached hydrogen (secondary N) is 3. The standard InChI is InChI=1S/C32H57BN6O6/c1-7-8-14-23(21-12-9-10-13-21)28(40)36-24(15-11-16-35-30(34)38-39(42)43)29(41)37-27(17-20(2)3)33-44-26-19-22-18-25(31(22,4)5)32(26,6)45-33/h20-27H,7-19H2,1-6H3,(H,36,40)(H,37,41)(H3,34,35,38)/t22-,23?,24+,25-,26-,27+,32+/m1/s1. The van der Waals surface area contributed by atoms with Crippen LogP contribution in [0.2, 0.25) is 0 Å². The molecule has 5 aliphatic rings. The Bertz CT molecular complexity index is 1080. The third kappa shape index (κ3) is 8.31. The van der Waals surface area contributed by atoms with Gasteiger partial charge in [0.15, 0.2) is 5.03 Å². The number of aliphatic imine (C=N–C) groups is 1. The van der Waals surface area contributed by atoms with Gasteiger partial charge in [-0.3, -0.25) is 9.59 Å². The molecule has 0 aromatic heterocycles. The van der Waals surface area contributed by atoms with Gasteiger partial charge in [0.1, 0.15) is 6.04 Å². The summed E-state index contributed by atoms with van der Waals surface area (Å²) in [5.74, 6) is 0.530. The van der Waals surface area contributed by atoms with E-state index in [4.69, 9.17) is 15.0 Å². The minimum Gasteiger partial charge on any atom is -0.404 e. The summed E-state index contributed by atoms with van der Waals surface area (Å²) in [6.07, 6.45) is 10.7. The van der Waals surface area contributed by atoms with Gasteiger partial charge in [-0.2, -0.15) is 0 Å². The Morgan fingerprint density at radius 2 is 1.80 bits per heavy atom. The molecule has 5 fully saturated rings. The van der Waals surface area contributed by atoms with E-state index < -0.39 is 18.2 Å². The lowest BCUT2D eigenvalue weighted by Crippen LogP contribution is -2.65. The number of unbranched alkanes of at least 4 members (excludes halogenated alkanes) is 1. The molecule has 5 rings (SSSR count). The molecule has 4 aliphatic carbocycles. The average Bonchev–Trinajstić information content (AvgIpc) is 3.61. The number of nitrogens with two attached hydrogens (primary N) is 1. The van der Waals surface area contributed by atoms with Crippen LogP contribution in [0.25, 0.3) is 0 Å². The lowest BCUT2D eigenvalue weighted by atomic mass is 9.43. The Labute approximate surface area is 269 Å². The van der Waals surface area contributed by atoms with Crippen LogP contribution in [-0.4, -0.2) is 60.2 Å². The molecule has 254 valence electrons. The summed E-state index contributed by atoms with van der Waals surface area (Å²) in [4.78, 5) is 42.5. The van der Waals surface area contributed by atoms with E-state index in [1.54, 1.807) is 0 Å². The number of hydrazine groups is 1. The highest BCUT2D eigenvalue weighted by Crippen LogP contribution is 2.65. The van der Waals surface area contributed by atoms with Gasteiger partial charge in [0.05, 0.1) is 17.6 Å². The third-order valence-electron chi connectivity index (χ3n) is 11.3. The Balaban J connectivity index is 1.48. The number of amides is 2. The Morgan fingerprint density at radius 1 is 1.09 bits per heavy atom. The summed E-state index contributed by atoms with van der Waals surface area (Å²) in [6.45, 7) is 13.4. The Morgan fingerprint density at radius 3 is 2.42 bits per heavy atom. The summed E-state index contributed by atoms with van der Waals surface area (Å²) < 4.78 is 13.3. The summed E-state index contributed by atoms with van der Waals surface area (Å²) in [6, 6.07) is -0.788. The van der Waals surface area contributed by atoms with Crippen molar-refractivity contribution in [3.8, 4) is 0 Å². The van der Waals surface area contributed by atoms with Crippen molar-refractivity contribution < 1.29 is 23.9 Å². The van der Waals surface area contributed by atoms with E-state index in [1.165, 1.54) is 0 Å². The van der Waals surface area contributed by atoms with Crippen LogP contribution >= 0.6 is 0 Å². The van der Waals surface area contributed by atoms with Crippen LogP contribution in [0.5, 0.6) is 0 Å². The smallest absolute Gasteiger partial charge is 0.404 e. The lowest BCUT2D eigenvalue weighted by Gasteiger charge is -2.64.